The molecule has 0 saturated carbocycles. The lowest BCUT2D eigenvalue weighted by atomic mass is 9.88. The highest BCUT2D eigenvalue weighted by atomic mass is 19.4. The maximum atomic E-state index is 13.9. The Morgan fingerprint density at radius 3 is 1.47 bits per heavy atom. The second-order valence-electron chi connectivity index (χ2n) is 7.05. The summed E-state index contributed by atoms with van der Waals surface area (Å²) < 4.78 is 174. The molecule has 0 aromatic rings. The van der Waals surface area contributed by atoms with Crippen molar-refractivity contribution < 1.29 is 82.0 Å². The smallest absolute Gasteiger partial charge is 0.384 e. The fraction of sp³-hybridized carbons (Fsp3) is 0.667. The molecule has 6 nitrogen and oxygen atoms in total. The zero-order chi connectivity index (χ0) is 29.0. The average molecular weight is 558 g/mol. The molecule has 2 N–H and O–H groups in total. The summed E-state index contributed by atoms with van der Waals surface area (Å²) in [5.74, 6) is -46.8. The van der Waals surface area contributed by atoms with Gasteiger partial charge in [-0.05, 0) is 0 Å². The lowest BCUT2D eigenvalue weighted by Gasteiger charge is -2.42. The standard InChI is InChI=1S/C18H18F12O6/c1-3-11(33)35-8-9(32)5-13(19,20)15(23,24)17(27,28)18(29,30)16(25,26)14(21,22)6-10(7-31)36-12(34)4-2/h3-4,9-10,31-32H,1-2,5-8H2. The van der Waals surface area contributed by atoms with Crippen molar-refractivity contribution in [2.24, 2.45) is 0 Å². The molecule has 0 bridgehead atoms. The van der Waals surface area contributed by atoms with E-state index in [4.69, 9.17) is 5.11 Å². The van der Waals surface area contributed by atoms with Gasteiger partial charge in [-0.15, -0.1) is 0 Å². The number of hydrogen-bond acceptors (Lipinski definition) is 6. The molecule has 0 aliphatic carbocycles. The molecule has 0 rings (SSSR count). The summed E-state index contributed by atoms with van der Waals surface area (Å²) in [7, 11) is 0. The van der Waals surface area contributed by atoms with Crippen LogP contribution in [0.2, 0.25) is 0 Å². The molecule has 2 atom stereocenters. The minimum absolute atomic E-state index is 0.233. The number of halogens is 12. The number of aliphatic hydroxyl groups is 2. The minimum atomic E-state index is -7.90. The van der Waals surface area contributed by atoms with Crippen LogP contribution in [-0.2, 0) is 19.1 Å². The Kier molecular flexibility index (Phi) is 10.5. The molecular formula is C18H18F12O6. The van der Waals surface area contributed by atoms with Crippen LogP contribution in [0.5, 0.6) is 0 Å². The predicted octanol–water partition coefficient (Wildman–Crippen LogP) is 3.76. The second kappa shape index (κ2) is 11.3. The number of ether oxygens (including phenoxy) is 2. The van der Waals surface area contributed by atoms with Gasteiger partial charge in [-0.25, -0.2) is 9.59 Å². The Hall–Kier alpha value is -2.50. The second-order valence-corrected chi connectivity index (χ2v) is 7.05. The Labute approximate surface area is 194 Å². The van der Waals surface area contributed by atoms with E-state index < -0.39 is 85.7 Å². The first-order valence-electron chi connectivity index (χ1n) is 9.17. The Bertz CT molecular complexity index is 814. The van der Waals surface area contributed by atoms with Gasteiger partial charge in [0.25, 0.3) is 0 Å². The third-order valence-electron chi connectivity index (χ3n) is 4.32. The molecule has 0 fully saturated rings. The summed E-state index contributed by atoms with van der Waals surface area (Å²) in [4.78, 5) is 21.7. The quantitative estimate of drug-likeness (QED) is 0.181. The molecule has 0 radical (unpaired) electrons. The highest BCUT2D eigenvalue weighted by Crippen LogP contribution is 2.61. The largest absolute Gasteiger partial charge is 0.460 e. The van der Waals surface area contributed by atoms with Crippen molar-refractivity contribution in [2.45, 2.75) is 60.6 Å². The Balaban J connectivity index is 6.14. The molecule has 18 heteroatoms. The van der Waals surface area contributed by atoms with Crippen LogP contribution in [-0.4, -0.2) is 83.1 Å². The van der Waals surface area contributed by atoms with Gasteiger partial charge in [-0.3, -0.25) is 0 Å². The highest BCUT2D eigenvalue weighted by molar-refractivity contribution is 5.81. The van der Waals surface area contributed by atoms with Gasteiger partial charge in [-0.2, -0.15) is 52.7 Å². The highest BCUT2D eigenvalue weighted by Gasteiger charge is 2.89. The zero-order valence-corrected chi connectivity index (χ0v) is 17.6. The monoisotopic (exact) mass is 558 g/mol. The number of alkyl halides is 12. The SMILES string of the molecule is C=CC(=O)OCC(O)CC(F)(F)C(F)(F)C(F)(F)C(F)(F)C(F)(F)C(F)(F)CC(CO)OC(=O)C=C. The van der Waals surface area contributed by atoms with Gasteiger partial charge in [0.1, 0.15) is 12.7 Å². The van der Waals surface area contributed by atoms with Crippen molar-refractivity contribution >= 4 is 11.9 Å². The molecule has 210 valence electrons. The van der Waals surface area contributed by atoms with E-state index in [0.29, 0.717) is 6.08 Å². The summed E-state index contributed by atoms with van der Waals surface area (Å²) in [6.45, 7) is 2.21. The third-order valence-corrected chi connectivity index (χ3v) is 4.32. The van der Waals surface area contributed by atoms with Crippen molar-refractivity contribution in [2.75, 3.05) is 13.2 Å². The number of aliphatic hydroxyl groups excluding tert-OH is 2. The van der Waals surface area contributed by atoms with Gasteiger partial charge in [0.2, 0.25) is 0 Å². The number of hydrogen-bond donors (Lipinski definition) is 2. The molecule has 0 aliphatic rings. The van der Waals surface area contributed by atoms with Crippen molar-refractivity contribution in [1.82, 2.24) is 0 Å². The van der Waals surface area contributed by atoms with Crippen LogP contribution in [0.25, 0.3) is 0 Å². The van der Waals surface area contributed by atoms with Crippen LogP contribution in [0.15, 0.2) is 25.3 Å². The molecule has 36 heavy (non-hydrogen) atoms. The number of carbonyl (C=O) groups excluding carboxylic acids is 2. The van der Waals surface area contributed by atoms with Crippen LogP contribution in [0, 0.1) is 0 Å². The minimum Gasteiger partial charge on any atom is -0.460 e. The number of carbonyl (C=O) groups is 2. The van der Waals surface area contributed by atoms with Crippen molar-refractivity contribution in [1.29, 1.82) is 0 Å². The fourth-order valence-electron chi connectivity index (χ4n) is 2.34. The van der Waals surface area contributed by atoms with E-state index in [1.54, 1.807) is 0 Å². The lowest BCUT2D eigenvalue weighted by molar-refractivity contribution is -0.427. The van der Waals surface area contributed by atoms with Crippen LogP contribution in [0.3, 0.4) is 0 Å². The van der Waals surface area contributed by atoms with Gasteiger partial charge in [0.05, 0.1) is 19.1 Å². The first-order chi connectivity index (χ1) is 16.0. The van der Waals surface area contributed by atoms with E-state index in [-0.39, 0.29) is 6.08 Å². The van der Waals surface area contributed by atoms with Crippen LogP contribution in [0.1, 0.15) is 12.8 Å². The average Bonchev–Trinajstić information content (AvgIpc) is 2.75. The van der Waals surface area contributed by atoms with E-state index in [1.807, 2.05) is 0 Å². The summed E-state index contributed by atoms with van der Waals surface area (Å²) in [6, 6.07) is 0. The molecule has 0 aromatic heterocycles. The predicted molar refractivity (Wildman–Crippen MR) is 93.2 cm³/mol. The fourth-order valence-corrected chi connectivity index (χ4v) is 2.34. The lowest BCUT2D eigenvalue weighted by Crippen LogP contribution is -2.71. The number of rotatable bonds is 15. The first-order valence-corrected chi connectivity index (χ1v) is 9.17. The molecule has 2 unspecified atom stereocenters. The summed E-state index contributed by atoms with van der Waals surface area (Å²) in [5.41, 5.74) is 0. The topological polar surface area (TPSA) is 93.1 Å². The van der Waals surface area contributed by atoms with Gasteiger partial charge < -0.3 is 19.7 Å². The molecule has 0 saturated heterocycles. The summed E-state index contributed by atoms with van der Waals surface area (Å²) >= 11 is 0. The van der Waals surface area contributed by atoms with E-state index in [2.05, 4.69) is 22.6 Å². The van der Waals surface area contributed by atoms with Gasteiger partial charge >= 0.3 is 47.5 Å². The summed E-state index contributed by atoms with van der Waals surface area (Å²) in [5, 5.41) is 17.9. The van der Waals surface area contributed by atoms with E-state index in [0.717, 1.165) is 0 Å². The zero-order valence-electron chi connectivity index (χ0n) is 17.6. The van der Waals surface area contributed by atoms with Gasteiger partial charge in [0, 0.05) is 18.6 Å². The normalized spacial score (nSPS) is 15.6. The maximum Gasteiger partial charge on any atom is 0.384 e. The van der Waals surface area contributed by atoms with E-state index in [1.165, 1.54) is 0 Å². The molecule has 0 aromatic carbocycles. The molecule has 0 spiro atoms. The Morgan fingerprint density at radius 1 is 0.722 bits per heavy atom. The van der Waals surface area contributed by atoms with Crippen molar-refractivity contribution in [3.63, 3.8) is 0 Å². The van der Waals surface area contributed by atoms with Crippen LogP contribution >= 0.6 is 0 Å². The van der Waals surface area contributed by atoms with Gasteiger partial charge in [-0.1, -0.05) is 13.2 Å². The maximum absolute atomic E-state index is 13.9. The van der Waals surface area contributed by atoms with Crippen molar-refractivity contribution in [3.05, 3.63) is 25.3 Å². The molecule has 0 amide bonds. The van der Waals surface area contributed by atoms with Crippen molar-refractivity contribution in [3.8, 4) is 0 Å². The van der Waals surface area contributed by atoms with Crippen LogP contribution in [0.4, 0.5) is 52.7 Å². The van der Waals surface area contributed by atoms with E-state index in [9.17, 15) is 67.4 Å². The summed E-state index contributed by atoms with van der Waals surface area (Å²) in [6.07, 6.45) is -10.8. The van der Waals surface area contributed by atoms with E-state index >= 15 is 0 Å². The number of esters is 2. The molecule has 0 aliphatic heterocycles. The van der Waals surface area contributed by atoms with Crippen LogP contribution < -0.4 is 0 Å². The Morgan fingerprint density at radius 2 is 1.11 bits per heavy atom. The molecule has 0 heterocycles. The molecular weight excluding hydrogens is 540 g/mol. The third kappa shape index (κ3) is 6.43. The first kappa shape index (κ1) is 33.5. The van der Waals surface area contributed by atoms with Gasteiger partial charge in [0.15, 0.2) is 0 Å².